The molecule has 0 spiro atoms. The van der Waals surface area contributed by atoms with E-state index in [1.807, 2.05) is 32.0 Å². The maximum atomic E-state index is 12.1. The Bertz CT molecular complexity index is 542. The largest absolute Gasteiger partial charge is 0.371 e. The molecule has 0 bridgehead atoms. The number of unbranched alkanes of at least 4 members (excludes halogenated alkanes) is 1. The summed E-state index contributed by atoms with van der Waals surface area (Å²) in [4.78, 5) is 14.4. The number of nitriles is 1. The van der Waals surface area contributed by atoms with Crippen molar-refractivity contribution in [1.29, 1.82) is 5.26 Å². The summed E-state index contributed by atoms with van der Waals surface area (Å²) in [5, 5.41) is 9.04. The maximum Gasteiger partial charge on any atom is 0.165 e. The summed E-state index contributed by atoms with van der Waals surface area (Å²) in [7, 11) is 0. The molecule has 0 radical (unpaired) electrons. The topological polar surface area (TPSA) is 44.1 Å². The first-order valence-electron chi connectivity index (χ1n) is 7.82. The minimum absolute atomic E-state index is 0.230. The third-order valence-corrected chi connectivity index (χ3v) is 4.16. The number of hydrogen-bond donors (Lipinski definition) is 0. The second-order valence-electron chi connectivity index (χ2n) is 6.48. The standard InChI is InChI=1S/C18H24N2O/c1-18(2,14-19)11-5-6-12-20-13-7-10-17(21)15-8-3-4-9-16(15)20/h3-4,8-9H,5-7,10-13H2,1-2H3. The maximum absolute atomic E-state index is 12.1. The van der Waals surface area contributed by atoms with Crippen LogP contribution in [0.5, 0.6) is 0 Å². The lowest BCUT2D eigenvalue weighted by Gasteiger charge is -2.25. The number of fused-ring (bicyclic) bond motifs is 1. The van der Waals surface area contributed by atoms with Crippen molar-refractivity contribution in [3.05, 3.63) is 29.8 Å². The van der Waals surface area contributed by atoms with E-state index in [2.05, 4.69) is 17.0 Å². The minimum atomic E-state index is -0.230. The predicted molar refractivity (Wildman–Crippen MR) is 85.5 cm³/mol. The van der Waals surface area contributed by atoms with Crippen molar-refractivity contribution in [2.45, 2.75) is 46.0 Å². The molecule has 0 saturated carbocycles. The average Bonchev–Trinajstić information content (AvgIpc) is 2.64. The molecule has 0 aliphatic carbocycles. The molecule has 0 saturated heterocycles. The van der Waals surface area contributed by atoms with Crippen LogP contribution in [0.4, 0.5) is 5.69 Å². The minimum Gasteiger partial charge on any atom is -0.371 e. The smallest absolute Gasteiger partial charge is 0.165 e. The molecular weight excluding hydrogens is 260 g/mol. The van der Waals surface area contributed by atoms with E-state index in [0.717, 1.165) is 50.0 Å². The molecule has 3 heteroatoms. The Hall–Kier alpha value is -1.82. The van der Waals surface area contributed by atoms with Gasteiger partial charge in [-0.2, -0.15) is 5.26 Å². The van der Waals surface area contributed by atoms with E-state index >= 15 is 0 Å². The van der Waals surface area contributed by atoms with Crippen molar-refractivity contribution in [2.75, 3.05) is 18.0 Å². The number of hydrogen-bond acceptors (Lipinski definition) is 3. The SMILES string of the molecule is CC(C)(C#N)CCCCN1CCCC(=O)c2ccccc21. The number of nitrogens with zero attached hydrogens (tertiary/aromatic N) is 2. The van der Waals surface area contributed by atoms with Crippen molar-refractivity contribution < 1.29 is 4.79 Å². The zero-order valence-electron chi connectivity index (χ0n) is 13.1. The van der Waals surface area contributed by atoms with Crippen molar-refractivity contribution >= 4 is 11.5 Å². The molecule has 0 atom stereocenters. The van der Waals surface area contributed by atoms with E-state index in [1.165, 1.54) is 0 Å². The fourth-order valence-electron chi connectivity index (χ4n) is 2.83. The van der Waals surface area contributed by atoms with Gasteiger partial charge in [-0.25, -0.2) is 0 Å². The molecule has 2 rings (SSSR count). The Morgan fingerprint density at radius 3 is 2.81 bits per heavy atom. The fraction of sp³-hybridized carbons (Fsp3) is 0.556. The number of carbonyl (C=O) groups is 1. The summed E-state index contributed by atoms with van der Waals surface area (Å²) in [6.07, 6.45) is 4.62. The second-order valence-corrected chi connectivity index (χ2v) is 6.48. The molecule has 1 aliphatic rings. The molecule has 1 heterocycles. The highest BCUT2D eigenvalue weighted by atomic mass is 16.1. The number of benzene rings is 1. The zero-order chi connectivity index (χ0) is 15.3. The fourth-order valence-corrected chi connectivity index (χ4v) is 2.83. The van der Waals surface area contributed by atoms with Crippen LogP contribution in [-0.4, -0.2) is 18.9 Å². The predicted octanol–water partition coefficient (Wildman–Crippen LogP) is 4.19. The summed E-state index contributed by atoms with van der Waals surface area (Å²) in [5.41, 5.74) is 1.72. The van der Waals surface area contributed by atoms with E-state index in [0.29, 0.717) is 6.42 Å². The van der Waals surface area contributed by atoms with Gasteiger partial charge in [0, 0.05) is 30.8 Å². The molecule has 1 aliphatic heterocycles. The molecule has 1 aromatic rings. The molecule has 21 heavy (non-hydrogen) atoms. The highest BCUT2D eigenvalue weighted by Gasteiger charge is 2.20. The van der Waals surface area contributed by atoms with Crippen molar-refractivity contribution in [3.63, 3.8) is 0 Å². The van der Waals surface area contributed by atoms with Gasteiger partial charge in [0.2, 0.25) is 0 Å². The molecule has 0 fully saturated rings. The lowest BCUT2D eigenvalue weighted by molar-refractivity contribution is 0.0984. The number of para-hydroxylation sites is 1. The van der Waals surface area contributed by atoms with Crippen molar-refractivity contribution in [3.8, 4) is 6.07 Å². The molecule has 112 valence electrons. The van der Waals surface area contributed by atoms with E-state index < -0.39 is 0 Å². The highest BCUT2D eigenvalue weighted by Crippen LogP contribution is 2.27. The van der Waals surface area contributed by atoms with E-state index in [4.69, 9.17) is 5.26 Å². The quantitative estimate of drug-likeness (QED) is 0.761. The molecule has 3 nitrogen and oxygen atoms in total. The van der Waals surface area contributed by atoms with Crippen molar-refractivity contribution in [2.24, 2.45) is 5.41 Å². The lowest BCUT2D eigenvalue weighted by Crippen LogP contribution is -2.25. The Morgan fingerprint density at radius 2 is 2.05 bits per heavy atom. The van der Waals surface area contributed by atoms with Crippen LogP contribution in [0.3, 0.4) is 0 Å². The summed E-state index contributed by atoms with van der Waals surface area (Å²) in [6.45, 7) is 5.90. The van der Waals surface area contributed by atoms with Gasteiger partial charge < -0.3 is 4.90 Å². The van der Waals surface area contributed by atoms with Gasteiger partial charge in [-0.3, -0.25) is 4.79 Å². The van der Waals surface area contributed by atoms with Gasteiger partial charge in [0.05, 0.1) is 11.5 Å². The van der Waals surface area contributed by atoms with Crippen LogP contribution in [0.15, 0.2) is 24.3 Å². The molecule has 0 unspecified atom stereocenters. The molecule has 1 aromatic carbocycles. The number of rotatable bonds is 5. The Balaban J connectivity index is 1.96. The number of ketones is 1. The van der Waals surface area contributed by atoms with Crippen LogP contribution in [0, 0.1) is 16.7 Å². The average molecular weight is 284 g/mol. The highest BCUT2D eigenvalue weighted by molar-refractivity contribution is 6.01. The number of Topliss-reactive ketones (excluding diaryl/α,β-unsaturated/α-hetero) is 1. The Kier molecular flexibility index (Phi) is 5.01. The van der Waals surface area contributed by atoms with Crippen LogP contribution >= 0.6 is 0 Å². The van der Waals surface area contributed by atoms with Gasteiger partial charge in [-0.15, -0.1) is 0 Å². The first kappa shape index (κ1) is 15.6. The second kappa shape index (κ2) is 6.76. The van der Waals surface area contributed by atoms with Crippen LogP contribution < -0.4 is 4.90 Å². The lowest BCUT2D eigenvalue weighted by atomic mass is 9.89. The normalized spacial score (nSPS) is 15.3. The molecule has 0 amide bonds. The first-order chi connectivity index (χ1) is 10.0. The third kappa shape index (κ3) is 4.07. The zero-order valence-corrected chi connectivity index (χ0v) is 13.1. The van der Waals surface area contributed by atoms with Crippen LogP contribution in [0.1, 0.15) is 56.3 Å². The Labute approximate surface area is 127 Å². The van der Waals surface area contributed by atoms with E-state index in [9.17, 15) is 4.79 Å². The van der Waals surface area contributed by atoms with E-state index in [1.54, 1.807) is 0 Å². The molecule has 0 aromatic heterocycles. The van der Waals surface area contributed by atoms with Gasteiger partial charge in [0.25, 0.3) is 0 Å². The van der Waals surface area contributed by atoms with Crippen LogP contribution in [0.2, 0.25) is 0 Å². The first-order valence-corrected chi connectivity index (χ1v) is 7.82. The molecule has 0 N–H and O–H groups in total. The molecular formula is C18H24N2O. The van der Waals surface area contributed by atoms with Crippen LogP contribution in [0.25, 0.3) is 0 Å². The van der Waals surface area contributed by atoms with Gasteiger partial charge in [0.15, 0.2) is 5.78 Å². The van der Waals surface area contributed by atoms with Gasteiger partial charge in [-0.1, -0.05) is 18.6 Å². The van der Waals surface area contributed by atoms with Crippen molar-refractivity contribution in [1.82, 2.24) is 0 Å². The van der Waals surface area contributed by atoms with Crippen LogP contribution in [-0.2, 0) is 0 Å². The monoisotopic (exact) mass is 284 g/mol. The summed E-state index contributed by atoms with van der Waals surface area (Å²) < 4.78 is 0. The number of anilines is 1. The summed E-state index contributed by atoms with van der Waals surface area (Å²) in [5.74, 6) is 0.263. The summed E-state index contributed by atoms with van der Waals surface area (Å²) in [6, 6.07) is 10.3. The number of carbonyl (C=O) groups excluding carboxylic acids is 1. The van der Waals surface area contributed by atoms with Gasteiger partial charge >= 0.3 is 0 Å². The van der Waals surface area contributed by atoms with Gasteiger partial charge in [0.1, 0.15) is 0 Å². The van der Waals surface area contributed by atoms with E-state index in [-0.39, 0.29) is 11.2 Å². The Morgan fingerprint density at radius 1 is 1.29 bits per heavy atom. The van der Waals surface area contributed by atoms with Gasteiger partial charge in [-0.05, 0) is 45.2 Å². The summed E-state index contributed by atoms with van der Waals surface area (Å²) >= 11 is 0. The third-order valence-electron chi connectivity index (χ3n) is 4.16.